The zero-order valence-electron chi connectivity index (χ0n) is 8.67. The normalized spacial score (nSPS) is 10.2. The van der Waals surface area contributed by atoms with E-state index >= 15 is 0 Å². The smallest absolute Gasteiger partial charge is 0.224 e. The molecule has 2 N–H and O–H groups in total. The summed E-state index contributed by atoms with van der Waals surface area (Å²) in [5.41, 5.74) is 0.124. The molecule has 0 saturated heterocycles. The van der Waals surface area contributed by atoms with Gasteiger partial charge < -0.3 is 10.4 Å². The van der Waals surface area contributed by atoms with Crippen LogP contribution in [0.15, 0.2) is 18.2 Å². The van der Waals surface area contributed by atoms with Gasteiger partial charge in [0.25, 0.3) is 0 Å². The van der Waals surface area contributed by atoms with E-state index in [1.165, 1.54) is 12.1 Å². The van der Waals surface area contributed by atoms with Gasteiger partial charge in [0, 0.05) is 18.1 Å². The standard InChI is InChI=1S/C11H13ClFNO2/c12-8-4-5-10(9(13)7-8)14-11(16)3-1-2-6-15/h4-5,7,15H,1-3,6H2,(H,14,16). The maximum atomic E-state index is 13.3. The van der Waals surface area contributed by atoms with Gasteiger partial charge in [0.1, 0.15) is 5.82 Å². The van der Waals surface area contributed by atoms with E-state index in [9.17, 15) is 9.18 Å². The molecule has 1 rings (SSSR count). The number of halogens is 2. The summed E-state index contributed by atoms with van der Waals surface area (Å²) in [5, 5.41) is 11.3. The number of aliphatic hydroxyl groups is 1. The first kappa shape index (κ1) is 12.9. The topological polar surface area (TPSA) is 49.3 Å². The van der Waals surface area contributed by atoms with Gasteiger partial charge in [0.2, 0.25) is 5.91 Å². The Kier molecular flexibility index (Phi) is 5.22. The number of nitrogens with one attached hydrogen (secondary N) is 1. The molecule has 0 spiro atoms. The Hall–Kier alpha value is -1.13. The molecule has 0 radical (unpaired) electrons. The van der Waals surface area contributed by atoms with E-state index in [1.807, 2.05) is 0 Å². The molecule has 1 aromatic rings. The molecule has 0 atom stereocenters. The first-order chi connectivity index (χ1) is 7.63. The highest BCUT2D eigenvalue weighted by Crippen LogP contribution is 2.19. The second kappa shape index (κ2) is 6.45. The van der Waals surface area contributed by atoms with Crippen LogP contribution < -0.4 is 5.32 Å². The van der Waals surface area contributed by atoms with Crippen molar-refractivity contribution in [2.75, 3.05) is 11.9 Å². The highest BCUT2D eigenvalue weighted by Gasteiger charge is 2.06. The van der Waals surface area contributed by atoms with Gasteiger partial charge >= 0.3 is 0 Å². The lowest BCUT2D eigenvalue weighted by atomic mass is 10.2. The first-order valence-corrected chi connectivity index (χ1v) is 5.37. The fourth-order valence-electron chi connectivity index (χ4n) is 1.20. The molecule has 0 unspecified atom stereocenters. The van der Waals surface area contributed by atoms with E-state index in [1.54, 1.807) is 0 Å². The van der Waals surface area contributed by atoms with Crippen molar-refractivity contribution in [3.8, 4) is 0 Å². The third-order valence-corrected chi connectivity index (χ3v) is 2.25. The van der Waals surface area contributed by atoms with Crippen molar-refractivity contribution in [1.29, 1.82) is 0 Å². The van der Waals surface area contributed by atoms with Crippen molar-refractivity contribution in [1.82, 2.24) is 0 Å². The quantitative estimate of drug-likeness (QED) is 0.784. The predicted molar refractivity (Wildman–Crippen MR) is 61.0 cm³/mol. The average molecular weight is 246 g/mol. The number of rotatable bonds is 5. The Labute approximate surface area is 98.2 Å². The summed E-state index contributed by atoms with van der Waals surface area (Å²) >= 11 is 5.58. The number of carbonyl (C=O) groups is 1. The van der Waals surface area contributed by atoms with Crippen LogP contribution in [0.5, 0.6) is 0 Å². The van der Waals surface area contributed by atoms with Gasteiger partial charge in [-0.1, -0.05) is 11.6 Å². The molecular formula is C11H13ClFNO2. The molecule has 0 saturated carbocycles. The highest BCUT2D eigenvalue weighted by molar-refractivity contribution is 6.30. The van der Waals surface area contributed by atoms with Crippen LogP contribution in [0, 0.1) is 5.82 Å². The number of anilines is 1. The number of amides is 1. The molecule has 0 heterocycles. The molecule has 0 fully saturated rings. The summed E-state index contributed by atoms with van der Waals surface area (Å²) in [6, 6.07) is 4.07. The summed E-state index contributed by atoms with van der Waals surface area (Å²) in [6.45, 7) is 0.0581. The number of benzene rings is 1. The fourth-order valence-corrected chi connectivity index (χ4v) is 1.36. The Morgan fingerprint density at radius 2 is 2.19 bits per heavy atom. The number of aliphatic hydroxyl groups excluding tert-OH is 1. The minimum absolute atomic E-state index is 0.0581. The maximum Gasteiger partial charge on any atom is 0.224 e. The van der Waals surface area contributed by atoms with E-state index in [0.29, 0.717) is 12.8 Å². The van der Waals surface area contributed by atoms with Crippen LogP contribution in [0.25, 0.3) is 0 Å². The first-order valence-electron chi connectivity index (χ1n) is 4.99. The summed E-state index contributed by atoms with van der Waals surface area (Å²) < 4.78 is 13.3. The van der Waals surface area contributed by atoms with Gasteiger partial charge in [0.05, 0.1) is 5.69 Å². The third kappa shape index (κ3) is 4.16. The average Bonchev–Trinajstić information content (AvgIpc) is 2.23. The van der Waals surface area contributed by atoms with Gasteiger partial charge in [-0.3, -0.25) is 4.79 Å². The van der Waals surface area contributed by atoms with E-state index in [-0.39, 0.29) is 29.6 Å². The summed E-state index contributed by atoms with van der Waals surface area (Å²) in [5.74, 6) is -0.822. The Balaban J connectivity index is 2.49. The molecule has 0 bridgehead atoms. The summed E-state index contributed by atoms with van der Waals surface area (Å²) in [7, 11) is 0. The minimum atomic E-state index is -0.553. The summed E-state index contributed by atoms with van der Waals surface area (Å²) in [4.78, 5) is 11.3. The zero-order valence-corrected chi connectivity index (χ0v) is 9.43. The van der Waals surface area contributed by atoms with Crippen molar-refractivity contribution in [3.63, 3.8) is 0 Å². The molecule has 88 valence electrons. The Morgan fingerprint density at radius 1 is 1.44 bits per heavy atom. The molecule has 1 amide bonds. The van der Waals surface area contributed by atoms with Crippen molar-refractivity contribution in [3.05, 3.63) is 29.0 Å². The van der Waals surface area contributed by atoms with Crippen molar-refractivity contribution in [2.45, 2.75) is 19.3 Å². The van der Waals surface area contributed by atoms with E-state index in [4.69, 9.17) is 16.7 Å². The minimum Gasteiger partial charge on any atom is -0.396 e. The fraction of sp³-hybridized carbons (Fsp3) is 0.364. The molecule has 5 heteroatoms. The van der Waals surface area contributed by atoms with Crippen molar-refractivity contribution in [2.24, 2.45) is 0 Å². The van der Waals surface area contributed by atoms with Crippen LogP contribution in [0.1, 0.15) is 19.3 Å². The lowest BCUT2D eigenvalue weighted by Crippen LogP contribution is -2.12. The molecule has 0 aliphatic carbocycles. The van der Waals surface area contributed by atoms with Crippen LogP contribution in [0.4, 0.5) is 10.1 Å². The van der Waals surface area contributed by atoms with Gasteiger partial charge in [-0.2, -0.15) is 0 Å². The van der Waals surface area contributed by atoms with Gasteiger partial charge in [-0.15, -0.1) is 0 Å². The Bertz CT molecular complexity index is 371. The molecule has 16 heavy (non-hydrogen) atoms. The molecule has 3 nitrogen and oxygen atoms in total. The SMILES string of the molecule is O=C(CCCCO)Nc1ccc(Cl)cc1F. The molecule has 0 aliphatic heterocycles. The molecule has 0 aliphatic rings. The number of hydrogen-bond donors (Lipinski definition) is 2. The lowest BCUT2D eigenvalue weighted by molar-refractivity contribution is -0.116. The maximum absolute atomic E-state index is 13.3. The lowest BCUT2D eigenvalue weighted by Gasteiger charge is -2.06. The second-order valence-corrected chi connectivity index (χ2v) is 3.79. The van der Waals surface area contributed by atoms with Gasteiger partial charge in [-0.25, -0.2) is 4.39 Å². The van der Waals surface area contributed by atoms with Crippen LogP contribution in [-0.2, 0) is 4.79 Å². The number of hydrogen-bond acceptors (Lipinski definition) is 2. The van der Waals surface area contributed by atoms with Crippen molar-refractivity contribution < 1.29 is 14.3 Å². The third-order valence-electron chi connectivity index (χ3n) is 2.02. The highest BCUT2D eigenvalue weighted by atomic mass is 35.5. The van der Waals surface area contributed by atoms with Crippen molar-refractivity contribution >= 4 is 23.2 Å². The van der Waals surface area contributed by atoms with E-state index in [2.05, 4.69) is 5.32 Å². The molecule has 1 aromatic carbocycles. The van der Waals surface area contributed by atoms with E-state index in [0.717, 1.165) is 6.07 Å². The van der Waals surface area contributed by atoms with Crippen LogP contribution >= 0.6 is 11.6 Å². The number of carbonyl (C=O) groups excluding carboxylic acids is 1. The van der Waals surface area contributed by atoms with Crippen LogP contribution in [0.3, 0.4) is 0 Å². The zero-order chi connectivity index (χ0) is 12.0. The number of unbranched alkanes of at least 4 members (excludes halogenated alkanes) is 1. The summed E-state index contributed by atoms with van der Waals surface area (Å²) in [6.07, 6.45) is 1.41. The van der Waals surface area contributed by atoms with Crippen LogP contribution in [-0.4, -0.2) is 17.6 Å². The van der Waals surface area contributed by atoms with Gasteiger partial charge in [-0.05, 0) is 31.0 Å². The largest absolute Gasteiger partial charge is 0.396 e. The van der Waals surface area contributed by atoms with E-state index < -0.39 is 5.82 Å². The molecular weight excluding hydrogens is 233 g/mol. The molecule has 0 aromatic heterocycles. The second-order valence-electron chi connectivity index (χ2n) is 3.35. The van der Waals surface area contributed by atoms with Gasteiger partial charge in [0.15, 0.2) is 0 Å². The van der Waals surface area contributed by atoms with Crippen LogP contribution in [0.2, 0.25) is 5.02 Å². The predicted octanol–water partition coefficient (Wildman–Crippen LogP) is 2.58. The Morgan fingerprint density at radius 3 is 2.81 bits per heavy atom. The monoisotopic (exact) mass is 245 g/mol.